The monoisotopic (exact) mass is 293 g/mol. The van der Waals surface area contributed by atoms with Crippen molar-refractivity contribution in [2.24, 2.45) is 5.41 Å². The number of H-pyrrole nitrogens is 1. The molecular formula is C15H23N3O3. The summed E-state index contributed by atoms with van der Waals surface area (Å²) in [5.41, 5.74) is -0.0360. The fraction of sp³-hybridized carbons (Fsp3) is 0.667. The third-order valence-electron chi connectivity index (χ3n) is 3.83. The van der Waals surface area contributed by atoms with Crippen LogP contribution in [0.2, 0.25) is 0 Å². The minimum absolute atomic E-state index is 0.0696. The van der Waals surface area contributed by atoms with Crippen LogP contribution in [-0.4, -0.2) is 34.1 Å². The fourth-order valence-electron chi connectivity index (χ4n) is 2.22. The van der Waals surface area contributed by atoms with E-state index in [1.807, 2.05) is 13.8 Å². The molecule has 6 heteroatoms. The lowest BCUT2D eigenvalue weighted by molar-refractivity contribution is 0.0925. The van der Waals surface area contributed by atoms with Crippen LogP contribution in [0.25, 0.3) is 0 Å². The third kappa shape index (κ3) is 3.91. The van der Waals surface area contributed by atoms with Crippen molar-refractivity contribution in [1.82, 2.24) is 15.3 Å². The maximum Gasteiger partial charge on any atom is 0.264 e. The molecule has 1 heterocycles. The lowest BCUT2D eigenvalue weighted by Crippen LogP contribution is -2.38. The first-order chi connectivity index (χ1) is 9.84. The molecule has 1 saturated carbocycles. The Labute approximate surface area is 124 Å². The number of nitrogens with zero attached hydrogens (tertiary/aromatic N) is 1. The summed E-state index contributed by atoms with van der Waals surface area (Å²) >= 11 is 0. The molecule has 0 unspecified atom stereocenters. The van der Waals surface area contributed by atoms with Gasteiger partial charge >= 0.3 is 0 Å². The van der Waals surface area contributed by atoms with Gasteiger partial charge < -0.3 is 15.4 Å². The van der Waals surface area contributed by atoms with E-state index in [1.165, 1.54) is 0 Å². The summed E-state index contributed by atoms with van der Waals surface area (Å²) in [6.45, 7) is 6.06. The Morgan fingerprint density at radius 2 is 2.14 bits per heavy atom. The number of hydrogen-bond acceptors (Lipinski definition) is 4. The molecule has 0 spiro atoms. The van der Waals surface area contributed by atoms with Crippen molar-refractivity contribution in [3.8, 4) is 0 Å². The van der Waals surface area contributed by atoms with Crippen molar-refractivity contribution in [1.29, 1.82) is 0 Å². The van der Waals surface area contributed by atoms with Crippen molar-refractivity contribution in [3.05, 3.63) is 27.4 Å². The maximum absolute atomic E-state index is 12.2. The number of rotatable bonds is 6. The zero-order valence-corrected chi connectivity index (χ0v) is 12.8. The Balaban J connectivity index is 2.10. The number of nitrogens with one attached hydrogen (secondary N) is 2. The highest BCUT2D eigenvalue weighted by molar-refractivity contribution is 5.94. The summed E-state index contributed by atoms with van der Waals surface area (Å²) in [6, 6.07) is 0. The highest BCUT2D eigenvalue weighted by Crippen LogP contribution is 2.37. The van der Waals surface area contributed by atoms with Gasteiger partial charge in [-0.25, -0.2) is 4.98 Å². The molecule has 116 valence electrons. The molecular weight excluding hydrogens is 270 g/mol. The molecule has 0 aliphatic heterocycles. The average molecular weight is 293 g/mol. The van der Waals surface area contributed by atoms with Gasteiger partial charge in [0, 0.05) is 19.1 Å². The molecule has 1 aliphatic rings. The summed E-state index contributed by atoms with van der Waals surface area (Å²) in [5.74, 6) is 0.626. The van der Waals surface area contributed by atoms with Crippen LogP contribution in [0.5, 0.6) is 0 Å². The Morgan fingerprint density at radius 1 is 1.48 bits per heavy atom. The van der Waals surface area contributed by atoms with Gasteiger partial charge in [-0.3, -0.25) is 9.59 Å². The zero-order valence-electron chi connectivity index (χ0n) is 12.8. The van der Waals surface area contributed by atoms with Crippen LogP contribution < -0.4 is 10.9 Å². The van der Waals surface area contributed by atoms with Crippen LogP contribution >= 0.6 is 0 Å². The molecule has 1 aromatic heterocycles. The van der Waals surface area contributed by atoms with Crippen LogP contribution in [0.1, 0.15) is 60.9 Å². The molecule has 0 radical (unpaired) electrons. The Kier molecular flexibility index (Phi) is 4.46. The summed E-state index contributed by atoms with van der Waals surface area (Å²) < 4.78 is 0. The summed E-state index contributed by atoms with van der Waals surface area (Å²) in [6.07, 6.45) is 2.67. The van der Waals surface area contributed by atoms with Crippen LogP contribution in [0.3, 0.4) is 0 Å². The quantitative estimate of drug-likeness (QED) is 0.731. The maximum atomic E-state index is 12.2. The van der Waals surface area contributed by atoms with Gasteiger partial charge in [-0.1, -0.05) is 13.8 Å². The molecule has 1 aliphatic carbocycles. The van der Waals surface area contributed by atoms with E-state index in [1.54, 1.807) is 6.92 Å². The highest BCUT2D eigenvalue weighted by Gasteiger charge is 2.28. The van der Waals surface area contributed by atoms with Gasteiger partial charge in [-0.05, 0) is 31.6 Å². The first kappa shape index (κ1) is 15.7. The fourth-order valence-corrected chi connectivity index (χ4v) is 2.22. The molecule has 6 nitrogen and oxygen atoms in total. The molecule has 1 amide bonds. The van der Waals surface area contributed by atoms with Gasteiger partial charge in [-0.15, -0.1) is 0 Å². The van der Waals surface area contributed by atoms with Crippen LogP contribution in [-0.2, 0) is 0 Å². The van der Waals surface area contributed by atoms with E-state index in [9.17, 15) is 9.59 Å². The van der Waals surface area contributed by atoms with Gasteiger partial charge in [0.2, 0.25) is 0 Å². The predicted molar refractivity (Wildman–Crippen MR) is 79.4 cm³/mol. The molecule has 21 heavy (non-hydrogen) atoms. The minimum atomic E-state index is -0.408. The van der Waals surface area contributed by atoms with Crippen molar-refractivity contribution >= 4 is 5.91 Å². The van der Waals surface area contributed by atoms with E-state index in [4.69, 9.17) is 5.11 Å². The first-order valence-electron chi connectivity index (χ1n) is 7.34. The molecule has 3 N–H and O–H groups in total. The van der Waals surface area contributed by atoms with Crippen molar-refractivity contribution < 1.29 is 9.90 Å². The van der Waals surface area contributed by atoms with Crippen molar-refractivity contribution in [2.45, 2.75) is 46.0 Å². The van der Waals surface area contributed by atoms with Crippen LogP contribution in [0, 0.1) is 12.3 Å². The van der Waals surface area contributed by atoms with Crippen LogP contribution in [0.4, 0.5) is 0 Å². The summed E-state index contributed by atoms with van der Waals surface area (Å²) in [5, 5.41) is 11.7. The molecule has 0 aromatic carbocycles. The van der Waals surface area contributed by atoms with E-state index in [-0.39, 0.29) is 23.1 Å². The standard InChI is InChI=1S/C15H23N3O3/c1-9-11(13(20)16-8-15(2,3)6-7-19)14(21)18-12(17-9)10-4-5-10/h10,19H,4-8H2,1-3H3,(H,16,20)(H,17,18,21). The molecule has 0 atom stereocenters. The first-order valence-corrected chi connectivity index (χ1v) is 7.34. The van der Waals surface area contributed by atoms with E-state index < -0.39 is 5.91 Å². The Bertz CT molecular complexity index is 588. The van der Waals surface area contributed by atoms with Crippen molar-refractivity contribution in [3.63, 3.8) is 0 Å². The molecule has 0 saturated heterocycles. The molecule has 0 bridgehead atoms. The lowest BCUT2D eigenvalue weighted by atomic mass is 9.89. The number of hydrogen-bond donors (Lipinski definition) is 3. The van der Waals surface area contributed by atoms with Gasteiger partial charge in [0.05, 0.1) is 5.69 Å². The van der Waals surface area contributed by atoms with E-state index >= 15 is 0 Å². The van der Waals surface area contributed by atoms with E-state index in [2.05, 4.69) is 15.3 Å². The number of aliphatic hydroxyl groups is 1. The predicted octanol–water partition coefficient (Wildman–Crippen LogP) is 1.09. The second kappa shape index (κ2) is 5.97. The normalized spacial score (nSPS) is 15.0. The van der Waals surface area contributed by atoms with Gasteiger partial charge in [0.1, 0.15) is 11.4 Å². The minimum Gasteiger partial charge on any atom is -0.396 e. The van der Waals surface area contributed by atoms with Gasteiger partial charge in [0.15, 0.2) is 0 Å². The average Bonchev–Trinajstić information content (AvgIpc) is 3.19. The largest absolute Gasteiger partial charge is 0.396 e. The summed E-state index contributed by atoms with van der Waals surface area (Å²) in [7, 11) is 0. The number of aromatic amines is 1. The van der Waals surface area contributed by atoms with Crippen LogP contribution in [0.15, 0.2) is 4.79 Å². The third-order valence-corrected chi connectivity index (χ3v) is 3.83. The van der Waals surface area contributed by atoms with E-state index in [0.717, 1.165) is 12.8 Å². The smallest absolute Gasteiger partial charge is 0.264 e. The number of aliphatic hydroxyl groups excluding tert-OH is 1. The molecule has 2 rings (SSSR count). The van der Waals surface area contributed by atoms with Crippen molar-refractivity contribution in [2.75, 3.05) is 13.2 Å². The number of amides is 1. The SMILES string of the molecule is Cc1nc(C2CC2)[nH]c(=O)c1C(=O)NCC(C)(C)CCO. The molecule has 1 aromatic rings. The van der Waals surface area contributed by atoms with E-state index in [0.29, 0.717) is 30.4 Å². The molecule has 1 fully saturated rings. The zero-order chi connectivity index (χ0) is 15.6. The topological polar surface area (TPSA) is 95.1 Å². The second-order valence-corrected chi connectivity index (χ2v) is 6.51. The highest BCUT2D eigenvalue weighted by atomic mass is 16.3. The van der Waals surface area contributed by atoms with Gasteiger partial charge in [-0.2, -0.15) is 0 Å². The number of aromatic nitrogens is 2. The Hall–Kier alpha value is -1.69. The van der Waals surface area contributed by atoms with Gasteiger partial charge in [0.25, 0.3) is 11.5 Å². The lowest BCUT2D eigenvalue weighted by Gasteiger charge is -2.23. The number of carbonyl (C=O) groups excluding carboxylic acids is 1. The Morgan fingerprint density at radius 3 is 2.67 bits per heavy atom. The number of aryl methyl sites for hydroxylation is 1. The second-order valence-electron chi connectivity index (χ2n) is 6.51. The summed E-state index contributed by atoms with van der Waals surface area (Å²) in [4.78, 5) is 31.3. The number of carbonyl (C=O) groups is 1.